The monoisotopic (exact) mass is 355 g/mol. The molecule has 2 rings (SSSR count). The molecule has 0 radical (unpaired) electrons. The van der Waals surface area contributed by atoms with Gasteiger partial charge in [0.05, 0.1) is 23.1 Å². The summed E-state index contributed by atoms with van der Waals surface area (Å²) in [4.78, 5) is 22.7. The van der Waals surface area contributed by atoms with Crippen molar-refractivity contribution >= 4 is 40.6 Å². The third-order valence-corrected chi connectivity index (χ3v) is 3.80. The van der Waals surface area contributed by atoms with Gasteiger partial charge in [-0.1, -0.05) is 17.7 Å². The number of nitrogens with zero attached hydrogens (tertiary/aromatic N) is 1. The molecule has 0 aromatic heterocycles. The second-order valence-electron chi connectivity index (χ2n) is 4.76. The number of hydrogen-bond donors (Lipinski definition) is 2. The maximum atomic E-state index is 12.2. The highest BCUT2D eigenvalue weighted by molar-refractivity contribution is 7.80. The van der Waals surface area contributed by atoms with E-state index in [4.69, 9.17) is 28.6 Å². The van der Waals surface area contributed by atoms with Crippen molar-refractivity contribution in [1.29, 1.82) is 0 Å². The van der Waals surface area contributed by atoms with Gasteiger partial charge in [0.2, 0.25) is 0 Å². The molecule has 9 heteroatoms. The minimum atomic E-state index is -0.654. The summed E-state index contributed by atoms with van der Waals surface area (Å²) in [7, 11) is 0. The quantitative estimate of drug-likeness (QED) is 0.371. The molecule has 1 unspecified atom stereocenters. The van der Waals surface area contributed by atoms with Crippen molar-refractivity contribution in [2.75, 3.05) is 6.61 Å². The summed E-state index contributed by atoms with van der Waals surface area (Å²) in [6.45, 7) is 3.61. The van der Waals surface area contributed by atoms with Crippen LogP contribution in [0.2, 0.25) is 5.02 Å². The Morgan fingerprint density at radius 1 is 1.52 bits per heavy atom. The summed E-state index contributed by atoms with van der Waals surface area (Å²) in [5.41, 5.74) is 1.11. The van der Waals surface area contributed by atoms with Gasteiger partial charge < -0.3 is 15.4 Å². The molecule has 0 saturated carbocycles. The summed E-state index contributed by atoms with van der Waals surface area (Å²) in [5, 5.41) is 17.2. The molecule has 7 nitrogen and oxygen atoms in total. The Balaban J connectivity index is 2.52. The van der Waals surface area contributed by atoms with Gasteiger partial charge in [0, 0.05) is 11.8 Å². The third kappa shape index (κ3) is 3.59. The number of hydrogen-bond acceptors (Lipinski definition) is 5. The van der Waals surface area contributed by atoms with Crippen molar-refractivity contribution in [2.45, 2.75) is 19.9 Å². The lowest BCUT2D eigenvalue weighted by Crippen LogP contribution is -2.45. The number of halogens is 1. The Hall–Kier alpha value is -2.19. The van der Waals surface area contributed by atoms with Gasteiger partial charge in [-0.3, -0.25) is 10.1 Å². The number of carbonyl (C=O) groups excluding carboxylic acids is 1. The first kappa shape index (κ1) is 17.2. The topological polar surface area (TPSA) is 93.5 Å². The van der Waals surface area contributed by atoms with Crippen LogP contribution < -0.4 is 10.6 Å². The molecular weight excluding hydrogens is 342 g/mol. The van der Waals surface area contributed by atoms with Gasteiger partial charge in [0.1, 0.15) is 5.02 Å². The van der Waals surface area contributed by atoms with Gasteiger partial charge in [-0.25, -0.2) is 4.79 Å². The van der Waals surface area contributed by atoms with Crippen LogP contribution in [0.1, 0.15) is 25.5 Å². The Labute approximate surface area is 142 Å². The predicted molar refractivity (Wildman–Crippen MR) is 89.0 cm³/mol. The zero-order chi connectivity index (χ0) is 17.1. The lowest BCUT2D eigenvalue weighted by atomic mass is 9.95. The average Bonchev–Trinajstić information content (AvgIpc) is 2.46. The molecule has 1 heterocycles. The van der Waals surface area contributed by atoms with Crippen molar-refractivity contribution in [2.24, 2.45) is 0 Å². The second-order valence-corrected chi connectivity index (χ2v) is 5.57. The van der Waals surface area contributed by atoms with E-state index in [1.54, 1.807) is 19.9 Å². The summed E-state index contributed by atoms with van der Waals surface area (Å²) in [6, 6.07) is 3.69. The van der Waals surface area contributed by atoms with Gasteiger partial charge in [-0.15, -0.1) is 0 Å². The molecule has 23 heavy (non-hydrogen) atoms. The van der Waals surface area contributed by atoms with E-state index in [0.717, 1.165) is 0 Å². The highest BCUT2D eigenvalue weighted by Crippen LogP contribution is 2.32. The van der Waals surface area contributed by atoms with Crippen molar-refractivity contribution in [3.63, 3.8) is 0 Å². The number of benzene rings is 1. The molecule has 0 aliphatic carbocycles. The smallest absolute Gasteiger partial charge is 0.338 e. The van der Waals surface area contributed by atoms with Crippen LogP contribution in [0.25, 0.3) is 0 Å². The number of esters is 1. The van der Waals surface area contributed by atoms with Crippen molar-refractivity contribution in [1.82, 2.24) is 10.6 Å². The Bertz CT molecular complexity index is 720. The summed E-state index contributed by atoms with van der Waals surface area (Å²) < 4.78 is 5.06. The van der Waals surface area contributed by atoms with Crippen LogP contribution in [0.3, 0.4) is 0 Å². The van der Waals surface area contributed by atoms with Crippen LogP contribution in [-0.2, 0) is 9.53 Å². The van der Waals surface area contributed by atoms with Crippen LogP contribution >= 0.6 is 23.8 Å². The molecule has 0 fully saturated rings. The first-order valence-electron chi connectivity index (χ1n) is 6.74. The highest BCUT2D eigenvalue weighted by atomic mass is 35.5. The zero-order valence-electron chi connectivity index (χ0n) is 12.4. The molecule has 122 valence electrons. The van der Waals surface area contributed by atoms with E-state index in [0.29, 0.717) is 21.9 Å². The number of nitrogens with one attached hydrogen (secondary N) is 2. The van der Waals surface area contributed by atoms with Crippen LogP contribution in [0.4, 0.5) is 5.69 Å². The largest absolute Gasteiger partial charge is 0.463 e. The molecule has 0 bridgehead atoms. The Kier molecular flexibility index (Phi) is 5.17. The van der Waals surface area contributed by atoms with E-state index in [1.807, 2.05) is 0 Å². The van der Waals surface area contributed by atoms with Gasteiger partial charge in [-0.2, -0.15) is 0 Å². The first-order valence-corrected chi connectivity index (χ1v) is 7.53. The fraction of sp³-hybridized carbons (Fsp3) is 0.286. The van der Waals surface area contributed by atoms with Crippen molar-refractivity contribution < 1.29 is 14.5 Å². The van der Waals surface area contributed by atoms with E-state index in [9.17, 15) is 14.9 Å². The van der Waals surface area contributed by atoms with E-state index in [-0.39, 0.29) is 17.3 Å². The van der Waals surface area contributed by atoms with E-state index < -0.39 is 16.9 Å². The highest BCUT2D eigenvalue weighted by Gasteiger charge is 2.32. The number of carbonyl (C=O) groups is 1. The predicted octanol–water partition coefficient (Wildman–Crippen LogP) is 2.60. The Morgan fingerprint density at radius 3 is 2.83 bits per heavy atom. The summed E-state index contributed by atoms with van der Waals surface area (Å²) in [6.07, 6.45) is 0. The molecular formula is C14H14ClN3O4S. The molecule has 1 atom stereocenters. The maximum absolute atomic E-state index is 12.2. The number of nitro groups is 1. The number of thiocarbonyl (C=S) groups is 1. The van der Waals surface area contributed by atoms with E-state index in [1.165, 1.54) is 12.1 Å². The molecule has 0 amide bonds. The lowest BCUT2D eigenvalue weighted by Gasteiger charge is -2.29. The van der Waals surface area contributed by atoms with Crippen LogP contribution in [-0.4, -0.2) is 22.6 Å². The fourth-order valence-corrected chi connectivity index (χ4v) is 2.73. The standard InChI is InChI=1S/C14H14ClN3O4S/c1-3-22-13(19)11-7(2)16-14(23)17-12(11)8-4-5-9(15)10(6-8)18(20)21/h4-6,12H,3H2,1-2H3,(H2,16,17,23). The summed E-state index contributed by atoms with van der Waals surface area (Å²) >= 11 is 10.9. The number of ether oxygens (including phenoxy) is 1. The van der Waals surface area contributed by atoms with Crippen molar-refractivity contribution in [3.8, 4) is 0 Å². The molecule has 2 N–H and O–H groups in total. The normalized spacial score (nSPS) is 17.3. The van der Waals surface area contributed by atoms with E-state index in [2.05, 4.69) is 10.6 Å². The van der Waals surface area contributed by atoms with Gasteiger partial charge in [0.25, 0.3) is 5.69 Å². The molecule has 1 aliphatic heterocycles. The fourth-order valence-electron chi connectivity index (χ4n) is 2.27. The zero-order valence-corrected chi connectivity index (χ0v) is 14.0. The molecule has 1 aliphatic rings. The minimum absolute atomic E-state index is 0.0219. The van der Waals surface area contributed by atoms with Gasteiger partial charge in [-0.05, 0) is 37.7 Å². The van der Waals surface area contributed by atoms with E-state index >= 15 is 0 Å². The minimum Gasteiger partial charge on any atom is -0.463 e. The number of nitro benzene ring substituents is 1. The third-order valence-electron chi connectivity index (χ3n) is 3.26. The summed E-state index contributed by atoms with van der Waals surface area (Å²) in [5.74, 6) is -0.518. The van der Waals surface area contributed by atoms with Crippen LogP contribution in [0.5, 0.6) is 0 Å². The first-order chi connectivity index (χ1) is 10.8. The average molecular weight is 356 g/mol. The van der Waals surface area contributed by atoms with Crippen LogP contribution in [0.15, 0.2) is 29.5 Å². The molecule has 1 aromatic carbocycles. The second kappa shape index (κ2) is 6.93. The molecule has 1 aromatic rings. The van der Waals surface area contributed by atoms with Gasteiger partial charge >= 0.3 is 5.97 Å². The maximum Gasteiger partial charge on any atom is 0.338 e. The van der Waals surface area contributed by atoms with Crippen LogP contribution in [0, 0.1) is 10.1 Å². The SMILES string of the molecule is CCOC(=O)C1=C(C)NC(=S)NC1c1ccc(Cl)c([N+](=O)[O-])c1. The van der Waals surface area contributed by atoms with Gasteiger partial charge in [0.15, 0.2) is 5.11 Å². The van der Waals surface area contributed by atoms with Crippen molar-refractivity contribution in [3.05, 3.63) is 50.2 Å². The molecule has 0 spiro atoms. The lowest BCUT2D eigenvalue weighted by molar-refractivity contribution is -0.384. The Morgan fingerprint density at radius 2 is 2.22 bits per heavy atom. The number of allylic oxidation sites excluding steroid dienone is 1. The number of rotatable bonds is 4. The molecule has 0 saturated heterocycles.